The van der Waals surface area contributed by atoms with Gasteiger partial charge >= 0.3 is 0 Å². The molecule has 0 amide bonds. The van der Waals surface area contributed by atoms with E-state index in [1.165, 1.54) is 9.88 Å². The highest BCUT2D eigenvalue weighted by Crippen LogP contribution is 2.15. The second-order valence-corrected chi connectivity index (χ2v) is 5.66. The van der Waals surface area contributed by atoms with Gasteiger partial charge < -0.3 is 5.32 Å². The number of rotatable bonds is 5. The Morgan fingerprint density at radius 1 is 1.38 bits per heavy atom. The van der Waals surface area contributed by atoms with Gasteiger partial charge in [-0.25, -0.2) is 4.98 Å². The predicted octanol–water partition coefficient (Wildman–Crippen LogP) is 2.28. The molecule has 3 nitrogen and oxygen atoms in total. The lowest BCUT2D eigenvalue weighted by Crippen LogP contribution is -2.29. The van der Waals surface area contributed by atoms with Crippen LogP contribution in [0.25, 0.3) is 0 Å². The number of nitrogens with one attached hydrogen (secondary N) is 1. The maximum Gasteiger partial charge on any atom is 0.0943 e. The van der Waals surface area contributed by atoms with Crippen LogP contribution in [0.15, 0.2) is 17.1 Å². The smallest absolute Gasteiger partial charge is 0.0943 e. The molecule has 0 bridgehead atoms. The summed E-state index contributed by atoms with van der Waals surface area (Å²) >= 11 is 3.46. The van der Waals surface area contributed by atoms with Gasteiger partial charge in [-0.3, -0.25) is 4.98 Å². The molecule has 16 heavy (non-hydrogen) atoms. The molecule has 0 aliphatic carbocycles. The Hall–Kier alpha value is -0.780. The van der Waals surface area contributed by atoms with Crippen LogP contribution >= 0.6 is 22.7 Å². The second-order valence-electron chi connectivity index (χ2n) is 3.74. The Bertz CT molecular complexity index is 422. The van der Waals surface area contributed by atoms with Crippen LogP contribution in [0.2, 0.25) is 0 Å². The Labute approximate surface area is 104 Å². The second kappa shape index (κ2) is 5.52. The lowest BCUT2D eigenvalue weighted by Gasteiger charge is -2.12. The summed E-state index contributed by atoms with van der Waals surface area (Å²) in [7, 11) is 2.01. The van der Waals surface area contributed by atoms with Gasteiger partial charge in [0.05, 0.1) is 10.5 Å². The van der Waals surface area contributed by atoms with Crippen LogP contribution in [0.4, 0.5) is 0 Å². The third-order valence-electron chi connectivity index (χ3n) is 2.43. The lowest BCUT2D eigenvalue weighted by molar-refractivity contribution is 0.558. The maximum atomic E-state index is 4.49. The fourth-order valence-electron chi connectivity index (χ4n) is 1.57. The van der Waals surface area contributed by atoms with Crippen LogP contribution in [0.1, 0.15) is 15.6 Å². The zero-order valence-corrected chi connectivity index (χ0v) is 11.1. The van der Waals surface area contributed by atoms with Crippen LogP contribution in [0.3, 0.4) is 0 Å². The van der Waals surface area contributed by atoms with Gasteiger partial charge in [-0.05, 0) is 20.4 Å². The fraction of sp³-hybridized carbons (Fsp3) is 0.455. The molecular formula is C11H15N3S2. The van der Waals surface area contributed by atoms with Gasteiger partial charge in [0, 0.05) is 34.6 Å². The molecule has 2 rings (SSSR count). The summed E-state index contributed by atoms with van der Waals surface area (Å²) < 4.78 is 0. The average molecular weight is 253 g/mol. The van der Waals surface area contributed by atoms with Gasteiger partial charge in [0.15, 0.2) is 0 Å². The summed E-state index contributed by atoms with van der Waals surface area (Å²) in [4.78, 5) is 9.92. The van der Waals surface area contributed by atoms with E-state index in [0.717, 1.165) is 18.5 Å². The summed E-state index contributed by atoms with van der Waals surface area (Å²) in [5.41, 5.74) is 3.00. The summed E-state index contributed by atoms with van der Waals surface area (Å²) in [6.45, 7) is 2.04. The molecule has 1 atom stereocenters. The van der Waals surface area contributed by atoms with E-state index in [-0.39, 0.29) is 0 Å². The van der Waals surface area contributed by atoms with Gasteiger partial charge in [0.1, 0.15) is 0 Å². The highest BCUT2D eigenvalue weighted by molar-refractivity contribution is 7.09. The monoisotopic (exact) mass is 253 g/mol. The van der Waals surface area contributed by atoms with Crippen molar-refractivity contribution in [1.29, 1.82) is 0 Å². The Morgan fingerprint density at radius 3 is 2.81 bits per heavy atom. The molecule has 0 fully saturated rings. The normalized spacial score (nSPS) is 12.9. The SMILES string of the molecule is CNC(Cc1cncs1)Cc1nc(C)cs1. The highest BCUT2D eigenvalue weighted by Gasteiger charge is 2.11. The lowest BCUT2D eigenvalue weighted by atomic mass is 10.1. The van der Waals surface area contributed by atoms with Gasteiger partial charge in [0.25, 0.3) is 0 Å². The van der Waals surface area contributed by atoms with E-state index in [1.54, 1.807) is 22.7 Å². The number of hydrogen-bond acceptors (Lipinski definition) is 5. The number of likely N-dealkylation sites (N-methyl/N-ethyl adjacent to an activating group) is 1. The maximum absolute atomic E-state index is 4.49. The van der Waals surface area contributed by atoms with Crippen molar-refractivity contribution in [3.63, 3.8) is 0 Å². The standard InChI is InChI=1S/C11H15N3S2/c1-8-6-15-11(14-8)4-9(12-2)3-10-5-13-7-16-10/h5-7,9,12H,3-4H2,1-2H3. The van der Waals surface area contributed by atoms with E-state index in [2.05, 4.69) is 20.7 Å². The van der Waals surface area contributed by atoms with Crippen LogP contribution in [0, 0.1) is 6.92 Å². The van der Waals surface area contributed by atoms with Crippen molar-refractivity contribution in [1.82, 2.24) is 15.3 Å². The molecule has 0 aliphatic rings. The first-order valence-electron chi connectivity index (χ1n) is 5.23. The molecule has 0 radical (unpaired) electrons. The number of hydrogen-bond donors (Lipinski definition) is 1. The molecule has 0 spiro atoms. The van der Waals surface area contributed by atoms with Crippen LogP contribution < -0.4 is 5.32 Å². The van der Waals surface area contributed by atoms with Crippen molar-refractivity contribution in [3.8, 4) is 0 Å². The van der Waals surface area contributed by atoms with Crippen molar-refractivity contribution in [2.24, 2.45) is 0 Å². The van der Waals surface area contributed by atoms with Gasteiger partial charge in [-0.2, -0.15) is 0 Å². The van der Waals surface area contributed by atoms with E-state index in [1.807, 2.05) is 25.7 Å². The quantitative estimate of drug-likeness (QED) is 0.888. The topological polar surface area (TPSA) is 37.8 Å². The number of aryl methyl sites for hydroxylation is 1. The summed E-state index contributed by atoms with van der Waals surface area (Å²) in [5.74, 6) is 0. The average Bonchev–Trinajstić information content (AvgIpc) is 2.89. The largest absolute Gasteiger partial charge is 0.316 e. The molecule has 86 valence electrons. The molecule has 5 heteroatoms. The number of aromatic nitrogens is 2. The molecule has 0 aliphatic heterocycles. The van der Waals surface area contributed by atoms with Gasteiger partial charge in [0.2, 0.25) is 0 Å². The molecule has 1 unspecified atom stereocenters. The summed E-state index contributed by atoms with van der Waals surface area (Å²) in [6.07, 6.45) is 3.97. The Kier molecular flexibility index (Phi) is 4.04. The highest BCUT2D eigenvalue weighted by atomic mass is 32.1. The fourth-order valence-corrected chi connectivity index (χ4v) is 3.10. The van der Waals surface area contributed by atoms with Crippen molar-refractivity contribution in [2.45, 2.75) is 25.8 Å². The first-order chi connectivity index (χ1) is 7.78. The van der Waals surface area contributed by atoms with Gasteiger partial charge in [-0.1, -0.05) is 0 Å². The zero-order valence-electron chi connectivity index (χ0n) is 9.43. The van der Waals surface area contributed by atoms with Crippen molar-refractivity contribution < 1.29 is 0 Å². The van der Waals surface area contributed by atoms with Crippen molar-refractivity contribution >= 4 is 22.7 Å². The molecule has 2 aromatic rings. The third kappa shape index (κ3) is 3.10. The molecule has 0 saturated carbocycles. The zero-order chi connectivity index (χ0) is 11.4. The number of nitrogens with zero attached hydrogens (tertiary/aromatic N) is 2. The van der Waals surface area contributed by atoms with E-state index < -0.39 is 0 Å². The van der Waals surface area contributed by atoms with E-state index in [9.17, 15) is 0 Å². The first-order valence-corrected chi connectivity index (χ1v) is 6.99. The summed E-state index contributed by atoms with van der Waals surface area (Å²) in [5, 5.41) is 6.66. The molecule has 0 saturated heterocycles. The third-order valence-corrected chi connectivity index (χ3v) is 4.22. The minimum absolute atomic E-state index is 0.450. The van der Waals surface area contributed by atoms with Crippen LogP contribution in [0.5, 0.6) is 0 Å². The first kappa shape index (κ1) is 11.7. The molecule has 2 aromatic heterocycles. The minimum atomic E-state index is 0.450. The predicted molar refractivity (Wildman–Crippen MR) is 69.2 cm³/mol. The molecular weight excluding hydrogens is 238 g/mol. The molecule has 2 heterocycles. The van der Waals surface area contributed by atoms with Crippen molar-refractivity contribution in [2.75, 3.05) is 7.05 Å². The van der Waals surface area contributed by atoms with Gasteiger partial charge in [-0.15, -0.1) is 22.7 Å². The molecule has 1 N–H and O–H groups in total. The van der Waals surface area contributed by atoms with Crippen LogP contribution in [-0.2, 0) is 12.8 Å². The van der Waals surface area contributed by atoms with E-state index in [4.69, 9.17) is 0 Å². The molecule has 0 aromatic carbocycles. The summed E-state index contributed by atoms with van der Waals surface area (Å²) in [6, 6.07) is 0.450. The van der Waals surface area contributed by atoms with E-state index in [0.29, 0.717) is 6.04 Å². The Balaban J connectivity index is 1.95. The Morgan fingerprint density at radius 2 is 2.25 bits per heavy atom. The van der Waals surface area contributed by atoms with Crippen LogP contribution in [-0.4, -0.2) is 23.1 Å². The minimum Gasteiger partial charge on any atom is -0.316 e. The van der Waals surface area contributed by atoms with Crippen molar-refractivity contribution in [3.05, 3.63) is 32.7 Å². The van der Waals surface area contributed by atoms with E-state index >= 15 is 0 Å². The number of thiazole rings is 2.